The predicted molar refractivity (Wildman–Crippen MR) is 100 cm³/mol. The van der Waals surface area contributed by atoms with Crippen LogP contribution in [0.25, 0.3) is 0 Å². The van der Waals surface area contributed by atoms with Crippen molar-refractivity contribution in [1.29, 1.82) is 0 Å². The van der Waals surface area contributed by atoms with Crippen molar-refractivity contribution in [3.63, 3.8) is 0 Å². The van der Waals surface area contributed by atoms with Gasteiger partial charge in [-0.2, -0.15) is 0 Å². The molecule has 0 spiro atoms. The minimum absolute atomic E-state index is 0.142. The van der Waals surface area contributed by atoms with Crippen LogP contribution < -0.4 is 14.8 Å². The first-order valence-corrected chi connectivity index (χ1v) is 9.30. The molecule has 5 rings (SSSR count). The number of halogens is 2. The lowest BCUT2D eigenvalue weighted by Gasteiger charge is -2.34. The van der Waals surface area contributed by atoms with E-state index in [0.717, 1.165) is 40.9 Å². The van der Waals surface area contributed by atoms with Crippen molar-refractivity contribution in [2.75, 3.05) is 12.1 Å². The van der Waals surface area contributed by atoms with E-state index in [1.807, 2.05) is 30.3 Å². The summed E-state index contributed by atoms with van der Waals surface area (Å²) < 4.78 is 11.1. The number of fused-ring (bicyclic) bond motifs is 2. The third-order valence-electron chi connectivity index (χ3n) is 5.17. The molecule has 0 aromatic heterocycles. The summed E-state index contributed by atoms with van der Waals surface area (Å²) in [6, 6.07) is 9.29. The lowest BCUT2D eigenvalue weighted by atomic mass is 9.75. The highest BCUT2D eigenvalue weighted by Gasteiger charge is 2.38. The molecule has 2 aromatic rings. The molecule has 2 aliphatic heterocycles. The second-order valence-electron chi connectivity index (χ2n) is 6.66. The SMILES string of the molecule is O=C1CCCC2=C1C(c1c(Cl)cccc1Cl)c1cc3c(cc1N2)OCO3. The summed E-state index contributed by atoms with van der Waals surface area (Å²) >= 11 is 13.1. The first kappa shape index (κ1) is 16.0. The van der Waals surface area contributed by atoms with Crippen LogP contribution in [-0.2, 0) is 4.79 Å². The molecule has 1 atom stereocenters. The zero-order chi connectivity index (χ0) is 17.8. The van der Waals surface area contributed by atoms with E-state index in [9.17, 15) is 4.79 Å². The molecule has 1 unspecified atom stereocenters. The normalized spacial score (nSPS) is 20.5. The van der Waals surface area contributed by atoms with Crippen LogP contribution in [0.5, 0.6) is 11.5 Å². The molecule has 3 aliphatic rings. The lowest BCUT2D eigenvalue weighted by Crippen LogP contribution is -2.27. The summed E-state index contributed by atoms with van der Waals surface area (Å²) in [6.07, 6.45) is 2.21. The molecule has 0 radical (unpaired) electrons. The van der Waals surface area contributed by atoms with E-state index in [1.54, 1.807) is 0 Å². The zero-order valence-electron chi connectivity index (χ0n) is 13.8. The second-order valence-corrected chi connectivity index (χ2v) is 7.47. The summed E-state index contributed by atoms with van der Waals surface area (Å²) in [5, 5.41) is 4.54. The monoisotopic (exact) mass is 387 g/mol. The van der Waals surface area contributed by atoms with Gasteiger partial charge < -0.3 is 14.8 Å². The van der Waals surface area contributed by atoms with Gasteiger partial charge in [0.1, 0.15) is 0 Å². The average molecular weight is 388 g/mol. The summed E-state index contributed by atoms with van der Waals surface area (Å²) in [6.45, 7) is 0.196. The molecule has 1 aliphatic carbocycles. The predicted octanol–water partition coefficient (Wildman–Crippen LogP) is 5.29. The minimum atomic E-state index is -0.315. The Morgan fingerprint density at radius 3 is 2.54 bits per heavy atom. The van der Waals surface area contributed by atoms with Crippen molar-refractivity contribution in [2.24, 2.45) is 0 Å². The van der Waals surface area contributed by atoms with Gasteiger partial charge in [-0.25, -0.2) is 0 Å². The number of carbonyl (C=O) groups is 1. The average Bonchev–Trinajstić information content (AvgIpc) is 3.06. The number of ketones is 1. The van der Waals surface area contributed by atoms with Gasteiger partial charge >= 0.3 is 0 Å². The number of hydrogen-bond acceptors (Lipinski definition) is 4. The quantitative estimate of drug-likeness (QED) is 0.722. The minimum Gasteiger partial charge on any atom is -0.454 e. The summed E-state index contributed by atoms with van der Waals surface area (Å²) in [5.74, 6) is 1.20. The van der Waals surface area contributed by atoms with Gasteiger partial charge in [0.15, 0.2) is 17.3 Å². The van der Waals surface area contributed by atoms with E-state index in [2.05, 4.69) is 5.32 Å². The number of ether oxygens (including phenoxy) is 2. The van der Waals surface area contributed by atoms with Crippen molar-refractivity contribution >= 4 is 34.7 Å². The Kier molecular flexibility index (Phi) is 3.66. The Morgan fingerprint density at radius 1 is 1.04 bits per heavy atom. The number of anilines is 1. The third kappa shape index (κ3) is 2.32. The molecule has 1 N–H and O–H groups in total. The number of Topliss-reactive ketones (excluding diaryl/α,β-unsaturated/α-hetero) is 1. The number of allylic oxidation sites excluding steroid dienone is 2. The molecular weight excluding hydrogens is 373 g/mol. The fraction of sp³-hybridized carbons (Fsp3) is 0.250. The van der Waals surface area contributed by atoms with E-state index >= 15 is 0 Å². The topological polar surface area (TPSA) is 47.6 Å². The maximum Gasteiger partial charge on any atom is 0.231 e. The smallest absolute Gasteiger partial charge is 0.231 e. The molecule has 6 heteroatoms. The molecule has 0 saturated carbocycles. The van der Waals surface area contributed by atoms with E-state index in [0.29, 0.717) is 28.0 Å². The van der Waals surface area contributed by atoms with E-state index in [-0.39, 0.29) is 18.5 Å². The fourth-order valence-corrected chi connectivity index (χ4v) is 4.65. The lowest BCUT2D eigenvalue weighted by molar-refractivity contribution is -0.116. The maximum absolute atomic E-state index is 12.8. The molecule has 0 saturated heterocycles. The fourth-order valence-electron chi connectivity index (χ4n) is 4.04. The first-order valence-electron chi connectivity index (χ1n) is 8.54. The Hall–Kier alpha value is -2.17. The number of benzene rings is 2. The first-order chi connectivity index (χ1) is 12.6. The van der Waals surface area contributed by atoms with Crippen molar-refractivity contribution in [3.05, 3.63) is 62.8 Å². The summed E-state index contributed by atoms with van der Waals surface area (Å²) in [5.41, 5.74) is 4.31. The van der Waals surface area contributed by atoms with Crippen molar-refractivity contribution in [1.82, 2.24) is 0 Å². The van der Waals surface area contributed by atoms with Crippen LogP contribution in [0.2, 0.25) is 10.0 Å². The van der Waals surface area contributed by atoms with Crippen LogP contribution in [0.3, 0.4) is 0 Å². The standard InChI is InChI=1S/C20H15Cl2NO3/c21-11-3-1-4-12(22)19(11)18-10-7-16-17(26-9-25-16)8-14(10)23-13-5-2-6-15(24)20(13)18/h1,3-4,7-8,18,23H,2,5-6,9H2. The molecule has 2 aromatic carbocycles. The summed E-state index contributed by atoms with van der Waals surface area (Å²) in [4.78, 5) is 12.8. The molecular formula is C20H15Cl2NO3. The molecule has 4 nitrogen and oxygen atoms in total. The molecule has 0 fully saturated rings. The van der Waals surface area contributed by atoms with Gasteiger partial charge in [0, 0.05) is 51.0 Å². The van der Waals surface area contributed by atoms with Crippen LogP contribution in [0.15, 0.2) is 41.6 Å². The number of hydrogen-bond donors (Lipinski definition) is 1. The molecule has 26 heavy (non-hydrogen) atoms. The van der Waals surface area contributed by atoms with Gasteiger partial charge in [0.2, 0.25) is 6.79 Å². The Balaban J connectivity index is 1.79. The van der Waals surface area contributed by atoms with E-state index in [4.69, 9.17) is 32.7 Å². The van der Waals surface area contributed by atoms with Crippen molar-refractivity contribution in [3.8, 4) is 11.5 Å². The molecule has 0 amide bonds. The highest BCUT2D eigenvalue weighted by Crippen LogP contribution is 2.51. The third-order valence-corrected chi connectivity index (χ3v) is 5.83. The number of rotatable bonds is 1. The zero-order valence-corrected chi connectivity index (χ0v) is 15.3. The van der Waals surface area contributed by atoms with E-state index < -0.39 is 0 Å². The maximum atomic E-state index is 12.8. The Labute approximate surface area is 160 Å². The van der Waals surface area contributed by atoms with Crippen LogP contribution in [0, 0.1) is 0 Å². The van der Waals surface area contributed by atoms with Crippen molar-refractivity contribution < 1.29 is 14.3 Å². The van der Waals surface area contributed by atoms with Crippen LogP contribution in [-0.4, -0.2) is 12.6 Å². The molecule has 2 heterocycles. The van der Waals surface area contributed by atoms with Gasteiger partial charge in [0.25, 0.3) is 0 Å². The van der Waals surface area contributed by atoms with Gasteiger partial charge in [-0.1, -0.05) is 29.3 Å². The number of nitrogens with one attached hydrogen (secondary N) is 1. The van der Waals surface area contributed by atoms with Crippen LogP contribution >= 0.6 is 23.2 Å². The second kappa shape index (κ2) is 5.93. The van der Waals surface area contributed by atoms with Gasteiger partial charge in [-0.05, 0) is 36.6 Å². The van der Waals surface area contributed by atoms with Crippen LogP contribution in [0.1, 0.15) is 36.3 Å². The largest absolute Gasteiger partial charge is 0.454 e. The Bertz CT molecular complexity index is 963. The highest BCUT2D eigenvalue weighted by molar-refractivity contribution is 6.36. The number of carbonyl (C=O) groups excluding carboxylic acids is 1. The molecule has 0 bridgehead atoms. The van der Waals surface area contributed by atoms with Crippen LogP contribution in [0.4, 0.5) is 5.69 Å². The van der Waals surface area contributed by atoms with E-state index in [1.165, 1.54) is 0 Å². The highest BCUT2D eigenvalue weighted by atomic mass is 35.5. The van der Waals surface area contributed by atoms with Gasteiger partial charge in [-0.3, -0.25) is 4.79 Å². The van der Waals surface area contributed by atoms with Gasteiger partial charge in [-0.15, -0.1) is 0 Å². The molecule has 132 valence electrons. The Morgan fingerprint density at radius 2 is 1.77 bits per heavy atom. The van der Waals surface area contributed by atoms with Gasteiger partial charge in [0.05, 0.1) is 0 Å². The summed E-state index contributed by atoms with van der Waals surface area (Å²) in [7, 11) is 0. The van der Waals surface area contributed by atoms with Crippen molar-refractivity contribution in [2.45, 2.75) is 25.2 Å².